The number of allylic oxidation sites excluding steroid dienone is 2. The predicted molar refractivity (Wildman–Crippen MR) is 129 cm³/mol. The zero-order valence-corrected chi connectivity index (χ0v) is 20.1. The molecule has 0 radical (unpaired) electrons. The van der Waals surface area contributed by atoms with Crippen LogP contribution in [0.5, 0.6) is 0 Å². The molecular weight excluding hydrogens is 424 g/mol. The van der Waals surface area contributed by atoms with E-state index in [0.29, 0.717) is 5.57 Å². The highest BCUT2D eigenvalue weighted by atomic mass is 16.8. The molecule has 2 saturated heterocycles. The Morgan fingerprint density at radius 1 is 0.912 bits per heavy atom. The molecule has 2 spiro atoms. The molecule has 2 bridgehead atoms. The molecule has 3 atom stereocenters. The molecular formula is C30H30O4. The molecule has 2 aromatic rings. The highest BCUT2D eigenvalue weighted by molar-refractivity contribution is 6.13. The van der Waals surface area contributed by atoms with Gasteiger partial charge in [0, 0.05) is 11.5 Å². The number of benzene rings is 2. The van der Waals surface area contributed by atoms with Crippen LogP contribution in [0.1, 0.15) is 57.6 Å². The number of rotatable bonds is 3. The van der Waals surface area contributed by atoms with Crippen molar-refractivity contribution in [2.45, 2.75) is 63.9 Å². The Labute approximate surface area is 200 Å². The number of ether oxygens (including phenoxy) is 2. The number of hydrogen-bond acceptors (Lipinski definition) is 4. The molecule has 4 heteroatoms. The van der Waals surface area contributed by atoms with Crippen molar-refractivity contribution in [1.82, 2.24) is 0 Å². The maximum atomic E-state index is 14.4. The summed E-state index contributed by atoms with van der Waals surface area (Å²) < 4.78 is 12.9. The molecule has 2 aliphatic heterocycles. The van der Waals surface area contributed by atoms with Crippen LogP contribution in [0, 0.1) is 10.8 Å². The van der Waals surface area contributed by atoms with Crippen LogP contribution in [0.3, 0.4) is 0 Å². The van der Waals surface area contributed by atoms with Crippen molar-refractivity contribution in [1.29, 1.82) is 0 Å². The van der Waals surface area contributed by atoms with Gasteiger partial charge in [-0.3, -0.25) is 9.59 Å². The van der Waals surface area contributed by atoms with Crippen LogP contribution in [-0.2, 0) is 19.1 Å². The van der Waals surface area contributed by atoms with Crippen LogP contribution >= 0.6 is 0 Å². The van der Waals surface area contributed by atoms with Crippen LogP contribution in [0.2, 0.25) is 0 Å². The number of carbonyl (C=O) groups excluding carboxylic acids is 2. The number of ketones is 2. The van der Waals surface area contributed by atoms with Crippen LogP contribution in [0.25, 0.3) is 0 Å². The van der Waals surface area contributed by atoms with Gasteiger partial charge >= 0.3 is 0 Å². The second kappa shape index (κ2) is 6.87. The minimum atomic E-state index is -1.42. The van der Waals surface area contributed by atoms with Crippen LogP contribution in [0.4, 0.5) is 0 Å². The summed E-state index contributed by atoms with van der Waals surface area (Å²) in [5.41, 5.74) is 1.42. The van der Waals surface area contributed by atoms with Gasteiger partial charge in [-0.2, -0.15) is 0 Å². The van der Waals surface area contributed by atoms with E-state index < -0.39 is 22.9 Å². The molecule has 0 amide bonds. The molecule has 3 fully saturated rings. The molecule has 2 aromatic carbocycles. The molecule has 1 saturated carbocycles. The van der Waals surface area contributed by atoms with Crippen molar-refractivity contribution in [2.24, 2.45) is 10.8 Å². The number of fused-ring (bicyclic) bond motifs is 4. The van der Waals surface area contributed by atoms with Gasteiger partial charge in [-0.25, -0.2) is 0 Å². The normalized spacial score (nSPS) is 31.4. The SMILES string of the molecule is CC(C)(C)C1=CC2(OC3(C)OC2C(=O)C32CC2)C(=O)C(C(c2ccccc2)c2ccccc2)=C1. The standard InChI is InChI=1S/C30H30O4/c1-27(2,3)21-17-22(23(19-11-7-5-8-12-19)20-13-9-6-10-14-20)24(31)30(18-21)26-25(32)29(15-16-29)28(4,33-26)34-30/h5-14,17-18,23,26H,15-16H2,1-4H3. The molecule has 2 aliphatic carbocycles. The lowest BCUT2D eigenvalue weighted by Gasteiger charge is -2.42. The smallest absolute Gasteiger partial charge is 0.198 e. The lowest BCUT2D eigenvalue weighted by molar-refractivity contribution is -0.198. The first-order valence-corrected chi connectivity index (χ1v) is 12.1. The highest BCUT2D eigenvalue weighted by Crippen LogP contribution is 2.68. The summed E-state index contributed by atoms with van der Waals surface area (Å²) in [4.78, 5) is 28.0. The summed E-state index contributed by atoms with van der Waals surface area (Å²) in [7, 11) is 0. The van der Waals surface area contributed by atoms with E-state index in [1.165, 1.54) is 0 Å². The lowest BCUT2D eigenvalue weighted by Crippen LogP contribution is -2.58. The first kappa shape index (κ1) is 21.7. The van der Waals surface area contributed by atoms with E-state index in [9.17, 15) is 9.59 Å². The van der Waals surface area contributed by atoms with Crippen molar-refractivity contribution in [3.8, 4) is 0 Å². The van der Waals surface area contributed by atoms with Gasteiger partial charge in [-0.15, -0.1) is 0 Å². The number of Topliss-reactive ketones (excluding diaryl/α,β-unsaturated/α-hetero) is 2. The lowest BCUT2D eigenvalue weighted by atomic mass is 9.67. The third-order valence-electron chi connectivity index (χ3n) is 8.17. The average molecular weight is 455 g/mol. The Morgan fingerprint density at radius 2 is 1.47 bits per heavy atom. The largest absolute Gasteiger partial charge is 0.334 e. The van der Waals surface area contributed by atoms with Crippen molar-refractivity contribution >= 4 is 11.6 Å². The molecule has 4 aliphatic rings. The third kappa shape index (κ3) is 2.79. The van der Waals surface area contributed by atoms with Gasteiger partial charge in [0.05, 0.1) is 5.41 Å². The number of hydrogen-bond donors (Lipinski definition) is 0. The zero-order valence-electron chi connectivity index (χ0n) is 20.1. The summed E-state index contributed by atoms with van der Waals surface area (Å²) in [6, 6.07) is 20.1. The van der Waals surface area contributed by atoms with Crippen molar-refractivity contribution in [2.75, 3.05) is 0 Å². The van der Waals surface area contributed by atoms with Gasteiger partial charge in [0.1, 0.15) is 0 Å². The average Bonchev–Trinajstić information content (AvgIpc) is 3.53. The Bertz CT molecular complexity index is 1210. The minimum Gasteiger partial charge on any atom is -0.334 e. The predicted octanol–water partition coefficient (Wildman–Crippen LogP) is 5.53. The third-order valence-corrected chi connectivity index (χ3v) is 8.17. The van der Waals surface area contributed by atoms with E-state index in [-0.39, 0.29) is 22.9 Å². The topological polar surface area (TPSA) is 52.6 Å². The first-order valence-electron chi connectivity index (χ1n) is 12.1. The zero-order chi connectivity index (χ0) is 23.9. The van der Waals surface area contributed by atoms with E-state index in [0.717, 1.165) is 29.5 Å². The van der Waals surface area contributed by atoms with Crippen molar-refractivity contribution in [3.63, 3.8) is 0 Å². The fourth-order valence-electron chi connectivity index (χ4n) is 6.03. The Morgan fingerprint density at radius 3 is 1.94 bits per heavy atom. The fourth-order valence-corrected chi connectivity index (χ4v) is 6.03. The summed E-state index contributed by atoms with van der Waals surface area (Å²) in [5.74, 6) is -1.48. The highest BCUT2D eigenvalue weighted by Gasteiger charge is 2.81. The minimum absolute atomic E-state index is 0.0244. The van der Waals surface area contributed by atoms with E-state index >= 15 is 0 Å². The maximum absolute atomic E-state index is 14.4. The van der Waals surface area contributed by atoms with E-state index in [1.807, 2.05) is 55.5 Å². The Balaban J connectivity index is 1.54. The van der Waals surface area contributed by atoms with E-state index in [1.54, 1.807) is 0 Å². The van der Waals surface area contributed by atoms with Gasteiger partial charge < -0.3 is 9.47 Å². The van der Waals surface area contributed by atoms with Gasteiger partial charge in [-0.05, 0) is 48.0 Å². The molecule has 0 aromatic heterocycles. The van der Waals surface area contributed by atoms with Gasteiger partial charge in [0.15, 0.2) is 29.1 Å². The maximum Gasteiger partial charge on any atom is 0.198 e. The summed E-state index contributed by atoms with van der Waals surface area (Å²) in [6.45, 7) is 8.21. The van der Waals surface area contributed by atoms with Gasteiger partial charge in [-0.1, -0.05) is 87.5 Å². The molecule has 0 N–H and O–H groups in total. The molecule has 3 unspecified atom stereocenters. The van der Waals surface area contributed by atoms with Crippen molar-refractivity contribution in [3.05, 3.63) is 95.1 Å². The van der Waals surface area contributed by atoms with Crippen LogP contribution in [-0.4, -0.2) is 29.1 Å². The quantitative estimate of drug-likeness (QED) is 0.612. The van der Waals surface area contributed by atoms with Crippen LogP contribution < -0.4 is 0 Å². The Hall–Kier alpha value is -2.82. The Kier molecular flexibility index (Phi) is 4.38. The van der Waals surface area contributed by atoms with Gasteiger partial charge in [0.2, 0.25) is 0 Å². The molecule has 4 nitrogen and oxygen atoms in total. The van der Waals surface area contributed by atoms with Crippen LogP contribution in [0.15, 0.2) is 84.0 Å². The summed E-state index contributed by atoms with van der Waals surface area (Å²) in [6.07, 6.45) is 4.53. The number of carbonyl (C=O) groups is 2. The molecule has 2 heterocycles. The van der Waals surface area contributed by atoms with Gasteiger partial charge in [0.25, 0.3) is 0 Å². The molecule has 174 valence electrons. The second-order valence-electron chi connectivity index (χ2n) is 11.3. The molecule has 6 rings (SSSR count). The fraction of sp³-hybridized carbons (Fsp3) is 0.400. The second-order valence-corrected chi connectivity index (χ2v) is 11.3. The van der Waals surface area contributed by atoms with E-state index in [2.05, 4.69) is 45.0 Å². The van der Waals surface area contributed by atoms with Crippen molar-refractivity contribution < 1.29 is 19.1 Å². The summed E-state index contributed by atoms with van der Waals surface area (Å²) in [5, 5.41) is 0. The monoisotopic (exact) mass is 454 g/mol. The van der Waals surface area contributed by atoms with E-state index in [4.69, 9.17) is 9.47 Å². The summed E-state index contributed by atoms with van der Waals surface area (Å²) >= 11 is 0. The molecule has 34 heavy (non-hydrogen) atoms. The first-order chi connectivity index (χ1) is 16.1.